The summed E-state index contributed by atoms with van der Waals surface area (Å²) in [6, 6.07) is 7.86. The minimum atomic E-state index is -0.0415. The first kappa shape index (κ1) is 15.2. The maximum Gasteiger partial charge on any atom is 0.234 e. The summed E-state index contributed by atoms with van der Waals surface area (Å²) < 4.78 is 1.88. The number of pyridine rings is 1. The van der Waals surface area contributed by atoms with Crippen molar-refractivity contribution in [3.63, 3.8) is 0 Å². The Kier molecular flexibility index (Phi) is 5.45. The minimum absolute atomic E-state index is 0.0415. The van der Waals surface area contributed by atoms with E-state index in [1.54, 1.807) is 12.4 Å². The average Bonchev–Trinajstić information content (AvgIpc) is 3.05. The molecule has 112 valence electrons. The van der Waals surface area contributed by atoms with E-state index in [2.05, 4.69) is 27.6 Å². The molecule has 2 aromatic heterocycles. The number of aromatic nitrogens is 3. The monoisotopic (exact) mass is 287 g/mol. The number of carbonyl (C=O) groups is 1. The van der Waals surface area contributed by atoms with Crippen LogP contribution in [0, 0.1) is 0 Å². The lowest BCUT2D eigenvalue weighted by Gasteiger charge is -2.21. The lowest BCUT2D eigenvalue weighted by molar-refractivity contribution is -0.120. The minimum Gasteiger partial charge on any atom is -0.349 e. The Hall–Kier alpha value is -2.21. The Morgan fingerprint density at radius 3 is 2.81 bits per heavy atom. The van der Waals surface area contributed by atoms with Gasteiger partial charge in [-0.3, -0.25) is 14.5 Å². The molecule has 2 N–H and O–H groups in total. The first-order chi connectivity index (χ1) is 10.2. The van der Waals surface area contributed by atoms with E-state index in [0.29, 0.717) is 6.54 Å². The third-order valence-electron chi connectivity index (χ3n) is 3.44. The fourth-order valence-corrected chi connectivity index (χ4v) is 1.93. The van der Waals surface area contributed by atoms with Crippen molar-refractivity contribution >= 4 is 5.91 Å². The molecule has 0 fully saturated rings. The number of amides is 1. The summed E-state index contributed by atoms with van der Waals surface area (Å²) in [6.45, 7) is 4.83. The molecule has 6 heteroatoms. The number of rotatable bonds is 7. The van der Waals surface area contributed by atoms with Crippen LogP contribution in [0.2, 0.25) is 0 Å². The molecule has 2 atom stereocenters. The van der Waals surface area contributed by atoms with E-state index in [4.69, 9.17) is 0 Å². The van der Waals surface area contributed by atoms with Gasteiger partial charge in [-0.05, 0) is 32.0 Å². The van der Waals surface area contributed by atoms with Crippen LogP contribution < -0.4 is 10.6 Å². The second-order valence-corrected chi connectivity index (χ2v) is 4.99. The lowest BCUT2D eigenvalue weighted by Crippen LogP contribution is -2.41. The van der Waals surface area contributed by atoms with E-state index in [0.717, 1.165) is 5.69 Å². The number of carbonyl (C=O) groups excluding carboxylic acids is 1. The van der Waals surface area contributed by atoms with Gasteiger partial charge >= 0.3 is 0 Å². The van der Waals surface area contributed by atoms with E-state index < -0.39 is 0 Å². The zero-order chi connectivity index (χ0) is 15.1. The summed E-state index contributed by atoms with van der Waals surface area (Å²) in [7, 11) is 0. The molecule has 21 heavy (non-hydrogen) atoms. The van der Waals surface area contributed by atoms with Gasteiger partial charge < -0.3 is 10.6 Å². The van der Waals surface area contributed by atoms with Crippen molar-refractivity contribution in [3.8, 4) is 0 Å². The van der Waals surface area contributed by atoms with Crippen LogP contribution in [-0.2, 0) is 11.3 Å². The van der Waals surface area contributed by atoms with Crippen molar-refractivity contribution in [1.29, 1.82) is 0 Å². The zero-order valence-corrected chi connectivity index (χ0v) is 12.4. The van der Waals surface area contributed by atoms with Gasteiger partial charge in [-0.1, -0.05) is 6.07 Å². The fraction of sp³-hybridized carbons (Fsp3) is 0.400. The van der Waals surface area contributed by atoms with Crippen LogP contribution in [0.5, 0.6) is 0 Å². The van der Waals surface area contributed by atoms with Gasteiger partial charge in [0.15, 0.2) is 0 Å². The molecule has 0 bridgehead atoms. The van der Waals surface area contributed by atoms with Crippen molar-refractivity contribution in [2.75, 3.05) is 6.54 Å². The third-order valence-corrected chi connectivity index (χ3v) is 3.44. The highest BCUT2D eigenvalue weighted by molar-refractivity contribution is 5.77. The van der Waals surface area contributed by atoms with Crippen molar-refractivity contribution in [1.82, 2.24) is 25.4 Å². The first-order valence-corrected chi connectivity index (χ1v) is 7.06. The van der Waals surface area contributed by atoms with Gasteiger partial charge in [0.25, 0.3) is 0 Å². The molecule has 0 saturated heterocycles. The molecule has 0 unspecified atom stereocenters. The second kappa shape index (κ2) is 7.54. The van der Waals surface area contributed by atoms with E-state index in [1.165, 1.54) is 0 Å². The van der Waals surface area contributed by atoms with Crippen molar-refractivity contribution in [3.05, 3.63) is 48.5 Å². The molecule has 1 amide bonds. The molecule has 2 rings (SSSR count). The predicted octanol–water partition coefficient (Wildman–Crippen LogP) is 1.13. The highest BCUT2D eigenvalue weighted by Crippen LogP contribution is 2.08. The van der Waals surface area contributed by atoms with Crippen LogP contribution >= 0.6 is 0 Å². The third kappa shape index (κ3) is 4.68. The molecule has 2 aromatic rings. The maximum atomic E-state index is 11.8. The smallest absolute Gasteiger partial charge is 0.234 e. The lowest BCUT2D eigenvalue weighted by atomic mass is 10.2. The SMILES string of the molecule is C[C@@H](NCC(=O)NCc1ccccn1)[C@H](C)n1cccn1. The van der Waals surface area contributed by atoms with Crippen molar-refractivity contribution < 1.29 is 4.79 Å². The first-order valence-electron chi connectivity index (χ1n) is 7.06. The van der Waals surface area contributed by atoms with Gasteiger partial charge in [-0.25, -0.2) is 0 Å². The molecule has 2 heterocycles. The molecule has 6 nitrogen and oxygen atoms in total. The highest BCUT2D eigenvalue weighted by atomic mass is 16.1. The predicted molar refractivity (Wildman–Crippen MR) is 80.5 cm³/mol. The molecule has 0 saturated carbocycles. The van der Waals surface area contributed by atoms with Gasteiger partial charge in [-0.15, -0.1) is 0 Å². The van der Waals surface area contributed by atoms with Gasteiger partial charge in [0.05, 0.1) is 24.8 Å². The quantitative estimate of drug-likeness (QED) is 0.801. The summed E-state index contributed by atoms with van der Waals surface area (Å²) >= 11 is 0. The number of hydrogen-bond acceptors (Lipinski definition) is 4. The van der Waals surface area contributed by atoms with Crippen molar-refractivity contribution in [2.45, 2.75) is 32.5 Å². The highest BCUT2D eigenvalue weighted by Gasteiger charge is 2.14. The molecular weight excluding hydrogens is 266 g/mol. The summed E-state index contributed by atoms with van der Waals surface area (Å²) in [5, 5.41) is 10.3. The van der Waals surface area contributed by atoms with Crippen LogP contribution in [0.4, 0.5) is 0 Å². The van der Waals surface area contributed by atoms with Gasteiger partial charge in [0, 0.05) is 24.6 Å². The van der Waals surface area contributed by atoms with Gasteiger partial charge in [-0.2, -0.15) is 5.10 Å². The maximum absolute atomic E-state index is 11.8. The van der Waals surface area contributed by atoms with Gasteiger partial charge in [0.1, 0.15) is 0 Å². The Labute approximate surface area is 124 Å². The largest absolute Gasteiger partial charge is 0.349 e. The Morgan fingerprint density at radius 2 is 2.14 bits per heavy atom. The summed E-state index contributed by atoms with van der Waals surface area (Å²) in [5.74, 6) is -0.0415. The molecule has 0 spiro atoms. The number of nitrogens with one attached hydrogen (secondary N) is 2. The van der Waals surface area contributed by atoms with Gasteiger partial charge in [0.2, 0.25) is 5.91 Å². The number of hydrogen-bond donors (Lipinski definition) is 2. The number of nitrogens with zero attached hydrogens (tertiary/aromatic N) is 3. The zero-order valence-electron chi connectivity index (χ0n) is 12.4. The van der Waals surface area contributed by atoms with E-state index in [1.807, 2.05) is 42.1 Å². The topological polar surface area (TPSA) is 71.8 Å². The van der Waals surface area contributed by atoms with Crippen molar-refractivity contribution in [2.24, 2.45) is 0 Å². The van der Waals surface area contributed by atoms with E-state index >= 15 is 0 Å². The second-order valence-electron chi connectivity index (χ2n) is 4.99. The van der Waals surface area contributed by atoms with E-state index in [-0.39, 0.29) is 24.5 Å². The molecule has 0 radical (unpaired) electrons. The van der Waals surface area contributed by atoms with Crippen LogP contribution in [0.25, 0.3) is 0 Å². The molecular formula is C15H21N5O. The molecule has 0 aliphatic rings. The summed E-state index contributed by atoms with van der Waals surface area (Å²) in [4.78, 5) is 16.0. The standard InChI is InChI=1S/C15H21N5O/c1-12(13(2)20-9-5-8-19-20)17-11-15(21)18-10-14-6-3-4-7-16-14/h3-9,12-13,17H,10-11H2,1-2H3,(H,18,21)/t12-,13+/m1/s1. The molecule has 0 aromatic carbocycles. The molecule has 0 aliphatic carbocycles. The van der Waals surface area contributed by atoms with Crippen LogP contribution in [0.3, 0.4) is 0 Å². The van der Waals surface area contributed by atoms with Crippen LogP contribution in [-0.4, -0.2) is 33.3 Å². The van der Waals surface area contributed by atoms with E-state index in [9.17, 15) is 4.79 Å². The Balaban J connectivity index is 1.71. The summed E-state index contributed by atoms with van der Waals surface area (Å²) in [6.07, 6.45) is 5.39. The summed E-state index contributed by atoms with van der Waals surface area (Å²) in [5.41, 5.74) is 0.851. The Bertz CT molecular complexity index is 540. The van der Waals surface area contributed by atoms with Crippen LogP contribution in [0.1, 0.15) is 25.6 Å². The van der Waals surface area contributed by atoms with Crippen LogP contribution in [0.15, 0.2) is 42.9 Å². The average molecular weight is 287 g/mol. The Morgan fingerprint density at radius 1 is 1.29 bits per heavy atom. The fourth-order valence-electron chi connectivity index (χ4n) is 1.93. The molecule has 0 aliphatic heterocycles. The normalized spacial score (nSPS) is 13.6.